The van der Waals surface area contributed by atoms with Crippen molar-refractivity contribution in [2.75, 3.05) is 7.11 Å². The van der Waals surface area contributed by atoms with Crippen LogP contribution >= 0.6 is 15.9 Å². The maximum absolute atomic E-state index is 11.0. The van der Waals surface area contributed by atoms with Gasteiger partial charge in [-0.25, -0.2) is 4.79 Å². The van der Waals surface area contributed by atoms with E-state index < -0.39 is 5.97 Å². The van der Waals surface area contributed by atoms with Crippen LogP contribution in [0.15, 0.2) is 65.1 Å². The number of nitriles is 1. The van der Waals surface area contributed by atoms with Crippen LogP contribution in [0.5, 0.6) is 11.5 Å². The Morgan fingerprint density at radius 3 is 2.32 bits per heavy atom. The number of rotatable bonds is 7. The summed E-state index contributed by atoms with van der Waals surface area (Å²) >= 11 is 3.53. The number of benzene rings is 3. The fourth-order valence-electron chi connectivity index (χ4n) is 2.94. The Labute approximate surface area is 189 Å². The molecule has 3 rings (SSSR count). The van der Waals surface area contributed by atoms with Gasteiger partial charge in [0, 0.05) is 0 Å². The van der Waals surface area contributed by atoms with Gasteiger partial charge < -0.3 is 14.6 Å². The Balaban J connectivity index is 1.84. The molecule has 0 aromatic heterocycles. The van der Waals surface area contributed by atoms with Crippen LogP contribution in [0.3, 0.4) is 0 Å². The maximum Gasteiger partial charge on any atom is 0.335 e. The number of aryl methyl sites for hydroxylation is 1. The van der Waals surface area contributed by atoms with Crippen LogP contribution < -0.4 is 9.47 Å². The van der Waals surface area contributed by atoms with E-state index in [1.807, 2.05) is 37.3 Å². The molecule has 0 aliphatic carbocycles. The molecular formula is C25H20BrNO4. The predicted molar refractivity (Wildman–Crippen MR) is 123 cm³/mol. The highest BCUT2D eigenvalue weighted by Crippen LogP contribution is 2.38. The number of hydrogen-bond acceptors (Lipinski definition) is 4. The SMILES string of the molecule is COc1cc(/C=C(\C#N)c2ccc(C)cc2)cc(Br)c1OCc1ccc(C(=O)O)cc1. The molecule has 0 atom stereocenters. The number of halogens is 1. The van der Waals surface area contributed by atoms with Crippen LogP contribution in [0, 0.1) is 18.3 Å². The van der Waals surface area contributed by atoms with Crippen molar-refractivity contribution in [3.05, 3.63) is 93.0 Å². The molecule has 156 valence electrons. The van der Waals surface area contributed by atoms with Crippen molar-refractivity contribution < 1.29 is 19.4 Å². The lowest BCUT2D eigenvalue weighted by atomic mass is 10.0. The van der Waals surface area contributed by atoms with Crippen LogP contribution in [0.2, 0.25) is 0 Å². The zero-order valence-corrected chi connectivity index (χ0v) is 18.6. The third-order valence-corrected chi connectivity index (χ3v) is 5.22. The molecule has 0 fully saturated rings. The molecule has 31 heavy (non-hydrogen) atoms. The Morgan fingerprint density at radius 1 is 1.10 bits per heavy atom. The van der Waals surface area contributed by atoms with E-state index in [1.54, 1.807) is 31.4 Å². The number of ether oxygens (including phenoxy) is 2. The average Bonchev–Trinajstić information content (AvgIpc) is 2.77. The Kier molecular flexibility index (Phi) is 7.11. The van der Waals surface area contributed by atoms with Gasteiger partial charge in [-0.1, -0.05) is 42.0 Å². The molecule has 0 aliphatic heterocycles. The fraction of sp³-hybridized carbons (Fsp3) is 0.120. The first-order valence-electron chi connectivity index (χ1n) is 9.42. The topological polar surface area (TPSA) is 79.5 Å². The number of carboxylic acid groups (broad SMARTS) is 1. The van der Waals surface area contributed by atoms with Gasteiger partial charge in [-0.3, -0.25) is 0 Å². The molecule has 0 bridgehead atoms. The van der Waals surface area contributed by atoms with Crippen molar-refractivity contribution in [2.45, 2.75) is 13.5 Å². The number of hydrogen-bond donors (Lipinski definition) is 1. The second-order valence-corrected chi connectivity index (χ2v) is 7.72. The molecule has 1 N–H and O–H groups in total. The zero-order chi connectivity index (χ0) is 22.4. The smallest absolute Gasteiger partial charge is 0.335 e. The molecule has 0 spiro atoms. The minimum absolute atomic E-state index is 0.223. The summed E-state index contributed by atoms with van der Waals surface area (Å²) in [5.41, 5.74) is 4.35. The van der Waals surface area contributed by atoms with Crippen molar-refractivity contribution >= 4 is 33.5 Å². The maximum atomic E-state index is 11.0. The first-order valence-corrected chi connectivity index (χ1v) is 10.2. The van der Waals surface area contributed by atoms with E-state index >= 15 is 0 Å². The minimum atomic E-state index is -0.970. The van der Waals surface area contributed by atoms with E-state index in [4.69, 9.17) is 14.6 Å². The number of methoxy groups -OCH3 is 1. The summed E-state index contributed by atoms with van der Waals surface area (Å²) in [6.07, 6.45) is 1.80. The first kappa shape index (κ1) is 22.1. The van der Waals surface area contributed by atoms with E-state index in [0.717, 1.165) is 22.3 Å². The quantitative estimate of drug-likeness (QED) is 0.328. The van der Waals surface area contributed by atoms with Crippen LogP contribution in [-0.2, 0) is 6.61 Å². The molecule has 0 unspecified atom stereocenters. The standard InChI is InChI=1S/C25H20BrNO4/c1-16-3-7-19(8-4-16)21(14-27)11-18-12-22(26)24(23(13-18)30-2)31-15-17-5-9-20(10-6-17)25(28)29/h3-13H,15H2,1-2H3,(H,28,29)/b21-11+. The summed E-state index contributed by atoms with van der Waals surface area (Å²) < 4.78 is 12.1. The third-order valence-electron chi connectivity index (χ3n) is 4.63. The fourth-order valence-corrected chi connectivity index (χ4v) is 3.52. The van der Waals surface area contributed by atoms with Gasteiger partial charge in [-0.05, 0) is 69.9 Å². The largest absolute Gasteiger partial charge is 0.493 e. The number of aromatic carboxylic acids is 1. The van der Waals surface area contributed by atoms with E-state index in [9.17, 15) is 10.1 Å². The minimum Gasteiger partial charge on any atom is -0.493 e. The van der Waals surface area contributed by atoms with Gasteiger partial charge in [0.25, 0.3) is 0 Å². The molecule has 5 nitrogen and oxygen atoms in total. The Morgan fingerprint density at radius 2 is 1.74 bits per heavy atom. The lowest BCUT2D eigenvalue weighted by molar-refractivity contribution is 0.0697. The second kappa shape index (κ2) is 9.96. The van der Waals surface area contributed by atoms with Crippen LogP contribution in [-0.4, -0.2) is 18.2 Å². The van der Waals surface area contributed by atoms with E-state index in [1.165, 1.54) is 12.1 Å². The summed E-state index contributed by atoms with van der Waals surface area (Å²) in [7, 11) is 1.55. The summed E-state index contributed by atoms with van der Waals surface area (Å²) in [4.78, 5) is 11.0. The molecule has 0 heterocycles. The lowest BCUT2D eigenvalue weighted by Gasteiger charge is -2.14. The zero-order valence-electron chi connectivity index (χ0n) is 17.1. The molecule has 0 aliphatic rings. The highest BCUT2D eigenvalue weighted by molar-refractivity contribution is 9.10. The summed E-state index contributed by atoms with van der Waals surface area (Å²) in [6, 6.07) is 20.2. The molecule has 6 heteroatoms. The van der Waals surface area contributed by atoms with Gasteiger partial charge in [-0.2, -0.15) is 5.26 Å². The third kappa shape index (κ3) is 5.53. The molecule has 0 saturated carbocycles. The van der Waals surface area contributed by atoms with Crippen LogP contribution in [0.1, 0.15) is 32.6 Å². The average molecular weight is 478 g/mol. The highest BCUT2D eigenvalue weighted by atomic mass is 79.9. The van der Waals surface area contributed by atoms with Crippen molar-refractivity contribution in [1.29, 1.82) is 5.26 Å². The van der Waals surface area contributed by atoms with Gasteiger partial charge in [0.05, 0.1) is 28.8 Å². The normalized spacial score (nSPS) is 11.0. The molecule has 3 aromatic carbocycles. The van der Waals surface area contributed by atoms with Crippen molar-refractivity contribution in [3.63, 3.8) is 0 Å². The molecule has 0 saturated heterocycles. The van der Waals surface area contributed by atoms with E-state index in [0.29, 0.717) is 21.5 Å². The van der Waals surface area contributed by atoms with Crippen molar-refractivity contribution in [3.8, 4) is 17.6 Å². The van der Waals surface area contributed by atoms with Gasteiger partial charge in [0.1, 0.15) is 6.61 Å². The molecule has 0 amide bonds. The molecule has 0 radical (unpaired) electrons. The van der Waals surface area contributed by atoms with Gasteiger partial charge in [0.2, 0.25) is 0 Å². The van der Waals surface area contributed by atoms with Crippen molar-refractivity contribution in [2.24, 2.45) is 0 Å². The number of carboxylic acids is 1. The van der Waals surface area contributed by atoms with E-state index in [2.05, 4.69) is 22.0 Å². The number of carbonyl (C=O) groups is 1. The Hall–Kier alpha value is -3.56. The summed E-state index contributed by atoms with van der Waals surface area (Å²) in [6.45, 7) is 2.25. The van der Waals surface area contributed by atoms with E-state index in [-0.39, 0.29) is 12.2 Å². The number of nitrogens with zero attached hydrogens (tertiary/aromatic N) is 1. The van der Waals surface area contributed by atoms with Crippen LogP contribution in [0.25, 0.3) is 11.6 Å². The Bertz CT molecular complexity index is 1160. The summed E-state index contributed by atoms with van der Waals surface area (Å²) in [5.74, 6) is 0.0719. The van der Waals surface area contributed by atoms with Crippen molar-refractivity contribution in [1.82, 2.24) is 0 Å². The predicted octanol–water partition coefficient (Wildman–Crippen LogP) is 6.11. The van der Waals surface area contributed by atoms with Gasteiger partial charge in [-0.15, -0.1) is 0 Å². The van der Waals surface area contributed by atoms with Gasteiger partial charge >= 0.3 is 5.97 Å². The highest BCUT2D eigenvalue weighted by Gasteiger charge is 2.13. The first-order chi connectivity index (χ1) is 14.9. The second-order valence-electron chi connectivity index (χ2n) is 6.86. The lowest BCUT2D eigenvalue weighted by Crippen LogP contribution is -2.01. The van der Waals surface area contributed by atoms with Crippen LogP contribution in [0.4, 0.5) is 0 Å². The summed E-state index contributed by atoms with van der Waals surface area (Å²) in [5, 5.41) is 18.6. The number of allylic oxidation sites excluding steroid dienone is 1. The monoisotopic (exact) mass is 477 g/mol. The van der Waals surface area contributed by atoms with Gasteiger partial charge in [0.15, 0.2) is 11.5 Å². The molecular weight excluding hydrogens is 458 g/mol. The molecule has 3 aromatic rings.